The van der Waals surface area contributed by atoms with Gasteiger partial charge in [-0.05, 0) is 57.9 Å². The first-order valence-electron chi connectivity index (χ1n) is 15.9. The van der Waals surface area contributed by atoms with Gasteiger partial charge in [-0.1, -0.05) is 32.5 Å². The van der Waals surface area contributed by atoms with E-state index in [9.17, 15) is 32.3 Å². The van der Waals surface area contributed by atoms with E-state index in [2.05, 4.69) is 35.0 Å². The lowest BCUT2D eigenvalue weighted by molar-refractivity contribution is -0.172. The zero-order valence-electron chi connectivity index (χ0n) is 29.2. The number of imidazole rings is 1. The van der Waals surface area contributed by atoms with Crippen molar-refractivity contribution >= 4 is 43.5 Å². The lowest BCUT2D eigenvalue weighted by Gasteiger charge is -2.32. The van der Waals surface area contributed by atoms with Gasteiger partial charge in [-0.3, -0.25) is 15.0 Å². The maximum Gasteiger partial charge on any atom is 0.471 e. The molecule has 3 amide bonds. The summed E-state index contributed by atoms with van der Waals surface area (Å²) in [6.07, 6.45) is -4.94. The molecule has 13 nitrogen and oxygen atoms in total. The number of fused-ring (bicyclic) bond motifs is 4. The molecular formula is C32H46F3N5O8Si. The van der Waals surface area contributed by atoms with Gasteiger partial charge in [0.15, 0.2) is 0 Å². The van der Waals surface area contributed by atoms with Crippen molar-refractivity contribution < 1.29 is 51.3 Å². The summed E-state index contributed by atoms with van der Waals surface area (Å²) < 4.78 is 65.4. The van der Waals surface area contributed by atoms with E-state index in [4.69, 9.17) is 19.2 Å². The zero-order chi connectivity index (χ0) is 36.7. The fourth-order valence-corrected chi connectivity index (χ4v) is 5.88. The summed E-state index contributed by atoms with van der Waals surface area (Å²) in [4.78, 5) is 56.4. The highest BCUT2D eigenvalue weighted by Crippen LogP contribution is 2.39. The molecule has 1 aliphatic rings. The third kappa shape index (κ3) is 11.2. The number of ether oxygens (including phenoxy) is 4. The van der Waals surface area contributed by atoms with Gasteiger partial charge < -0.3 is 28.8 Å². The van der Waals surface area contributed by atoms with E-state index in [-0.39, 0.29) is 48.6 Å². The number of hydrogen-bond donors (Lipinski definition) is 2. The number of anilines is 2. The maximum atomic E-state index is 14.2. The van der Waals surface area contributed by atoms with E-state index in [1.807, 2.05) is 0 Å². The second-order valence-corrected chi connectivity index (χ2v) is 19.5. The first-order chi connectivity index (χ1) is 22.7. The van der Waals surface area contributed by atoms with Crippen LogP contribution < -0.4 is 15.5 Å². The monoisotopic (exact) mass is 713 g/mol. The molecule has 1 aromatic heterocycles. The zero-order valence-corrected chi connectivity index (χ0v) is 30.2. The smallest absolute Gasteiger partial charge is 0.467 e. The van der Waals surface area contributed by atoms with Crippen molar-refractivity contribution in [3.05, 3.63) is 30.2 Å². The first-order valence-corrected chi connectivity index (χ1v) is 19.6. The van der Waals surface area contributed by atoms with Crippen LogP contribution in [0.3, 0.4) is 0 Å². The Bertz CT molecular complexity index is 1500. The lowest BCUT2D eigenvalue weighted by Crippen LogP contribution is -2.51. The van der Waals surface area contributed by atoms with E-state index in [1.54, 1.807) is 31.5 Å². The number of alkyl halides is 3. The minimum Gasteiger partial charge on any atom is -0.467 e. The number of nitrogens with zero attached hydrogens (tertiary/aromatic N) is 3. The van der Waals surface area contributed by atoms with Crippen LogP contribution in [-0.4, -0.2) is 80.3 Å². The molecule has 2 N–H and O–H groups in total. The highest BCUT2D eigenvalue weighted by atomic mass is 28.3. The van der Waals surface area contributed by atoms with Crippen molar-refractivity contribution in [1.29, 1.82) is 0 Å². The average molecular weight is 714 g/mol. The molecule has 17 heteroatoms. The summed E-state index contributed by atoms with van der Waals surface area (Å²) in [5, 5.41) is 5.26. The fraction of sp³-hybridized carbons (Fsp3) is 0.594. The van der Waals surface area contributed by atoms with Crippen LogP contribution >= 0.6 is 0 Å². The maximum absolute atomic E-state index is 14.2. The molecule has 2 bridgehead atoms. The number of rotatable bonds is 8. The molecule has 272 valence electrons. The summed E-state index contributed by atoms with van der Waals surface area (Å²) in [7, 11) is 0.676. The molecule has 1 aliphatic heterocycles. The van der Waals surface area contributed by atoms with Gasteiger partial charge in [0.05, 0.1) is 31.6 Å². The Hall–Kier alpha value is -4.12. The molecule has 0 radical (unpaired) electrons. The number of carbonyl (C=O) groups excluding carboxylic acids is 4. The van der Waals surface area contributed by atoms with Crippen molar-refractivity contribution in [1.82, 2.24) is 14.9 Å². The Labute approximate surface area is 284 Å². The lowest BCUT2D eigenvalue weighted by atomic mass is 10.00. The van der Waals surface area contributed by atoms with Crippen molar-refractivity contribution in [2.75, 3.05) is 31.0 Å². The first kappa shape index (κ1) is 39.3. The van der Waals surface area contributed by atoms with Crippen LogP contribution in [0.5, 0.6) is 0 Å². The Kier molecular flexibility index (Phi) is 12.9. The highest BCUT2D eigenvalue weighted by Gasteiger charge is 2.48. The molecule has 2 aromatic rings. The Morgan fingerprint density at radius 3 is 2.27 bits per heavy atom. The van der Waals surface area contributed by atoms with Crippen LogP contribution in [0.4, 0.5) is 34.1 Å². The Morgan fingerprint density at radius 1 is 1.00 bits per heavy atom. The number of nitrogens with one attached hydrogen (secondary N) is 2. The largest absolute Gasteiger partial charge is 0.471 e. The molecule has 0 saturated carbocycles. The summed E-state index contributed by atoms with van der Waals surface area (Å²) in [5.74, 6) is -3.04. The van der Waals surface area contributed by atoms with Gasteiger partial charge in [-0.25, -0.2) is 19.4 Å². The van der Waals surface area contributed by atoms with Gasteiger partial charge in [0.2, 0.25) is 0 Å². The quantitative estimate of drug-likeness (QED) is 0.133. The number of carbonyl (C=O) groups is 4. The number of esters is 1. The third-order valence-electron chi connectivity index (χ3n) is 7.47. The minimum atomic E-state index is -5.39. The van der Waals surface area contributed by atoms with E-state index >= 15 is 0 Å². The molecule has 49 heavy (non-hydrogen) atoms. The number of hydrogen-bond acceptors (Lipinski definition) is 9. The number of methoxy groups -OCH3 is 2. The van der Waals surface area contributed by atoms with Crippen molar-refractivity contribution in [2.45, 2.75) is 103 Å². The van der Waals surface area contributed by atoms with Gasteiger partial charge in [0.1, 0.15) is 24.2 Å². The molecule has 2 atom stereocenters. The number of aromatic nitrogens is 2. The molecule has 0 saturated heterocycles. The summed E-state index contributed by atoms with van der Waals surface area (Å²) in [5.41, 5.74) is -1.03. The normalized spacial score (nSPS) is 17.2. The van der Waals surface area contributed by atoms with Crippen LogP contribution in [0.15, 0.2) is 24.4 Å². The van der Waals surface area contributed by atoms with Crippen molar-refractivity contribution in [3.8, 4) is 11.3 Å². The fourth-order valence-electron chi connectivity index (χ4n) is 5.12. The van der Waals surface area contributed by atoms with Gasteiger partial charge in [-0.2, -0.15) is 13.2 Å². The van der Waals surface area contributed by atoms with E-state index in [0.717, 1.165) is 26.3 Å². The van der Waals surface area contributed by atoms with Gasteiger partial charge >= 0.3 is 30.2 Å². The van der Waals surface area contributed by atoms with Crippen LogP contribution in [0.1, 0.15) is 58.3 Å². The van der Waals surface area contributed by atoms with Crippen LogP contribution in [-0.2, 0) is 35.3 Å². The third-order valence-corrected chi connectivity index (χ3v) is 9.17. The van der Waals surface area contributed by atoms with E-state index < -0.39 is 56.0 Å². The van der Waals surface area contributed by atoms with Crippen molar-refractivity contribution in [3.63, 3.8) is 0 Å². The van der Waals surface area contributed by atoms with Crippen molar-refractivity contribution in [2.24, 2.45) is 0 Å². The van der Waals surface area contributed by atoms with Crippen LogP contribution in [0.25, 0.3) is 11.3 Å². The highest BCUT2D eigenvalue weighted by molar-refractivity contribution is 6.76. The van der Waals surface area contributed by atoms with Gasteiger partial charge in [0.25, 0.3) is 0 Å². The second kappa shape index (κ2) is 16.1. The standard InChI is InChI=1S/C32H46F3N5O8Si/c1-31(2,3)48-30(44)38-22-11-9-10-12-24(27(41)45-4)40(28(42)32(33,34)35)25-17-20(36-29(43)46-5)13-14-21(25)23-18-39(26(22)37-23)19-47-15-16-49(6,7)8/h13-14,17-18,22,24H,9-12,15-16,19H2,1-8H3,(H,36,43)(H,38,44)/t22-,24?/m0/s1. The second-order valence-electron chi connectivity index (χ2n) is 13.8. The summed E-state index contributed by atoms with van der Waals surface area (Å²) in [6.45, 7) is 12.2. The summed E-state index contributed by atoms with van der Waals surface area (Å²) >= 11 is 0. The predicted octanol–water partition coefficient (Wildman–Crippen LogP) is 6.62. The van der Waals surface area contributed by atoms with E-state index in [0.29, 0.717) is 23.8 Å². The van der Waals surface area contributed by atoms with Gasteiger partial charge in [-0.15, -0.1) is 0 Å². The molecule has 2 heterocycles. The molecule has 1 aromatic carbocycles. The topological polar surface area (TPSA) is 150 Å². The van der Waals surface area contributed by atoms with Gasteiger partial charge in [0, 0.05) is 32.1 Å². The molecular weight excluding hydrogens is 667 g/mol. The summed E-state index contributed by atoms with van der Waals surface area (Å²) in [6, 6.07) is 2.34. The SMILES string of the molecule is COC(=O)Nc1ccc2c(c1)N(C(=O)C(F)(F)F)C(C(=O)OC)CCCC[C@H](NC(=O)OC(C)(C)C)c1nc-2cn1COCC[Si](C)(C)C. The Balaban J connectivity index is 2.30. The molecule has 0 spiro atoms. The molecule has 0 fully saturated rings. The Morgan fingerprint density at radius 2 is 1.67 bits per heavy atom. The molecule has 1 unspecified atom stereocenters. The number of amides is 3. The number of halogens is 3. The van der Waals surface area contributed by atoms with Crippen LogP contribution in [0, 0.1) is 0 Å². The van der Waals surface area contributed by atoms with Crippen LogP contribution in [0.2, 0.25) is 25.7 Å². The van der Waals surface area contributed by atoms with E-state index in [1.165, 1.54) is 12.1 Å². The predicted molar refractivity (Wildman–Crippen MR) is 178 cm³/mol. The number of alkyl carbamates (subject to hydrolysis) is 1. The average Bonchev–Trinajstić information content (AvgIpc) is 3.41. The molecule has 3 rings (SSSR count). The minimum absolute atomic E-state index is 0.00655. The molecule has 0 aliphatic carbocycles. The number of benzene rings is 1.